The van der Waals surface area contributed by atoms with Gasteiger partial charge in [-0.05, 0) is 43.2 Å². The summed E-state index contributed by atoms with van der Waals surface area (Å²) in [6.45, 7) is 4.21. The average Bonchev–Trinajstić information content (AvgIpc) is 3.34. The Bertz CT molecular complexity index is 1270. The Morgan fingerprint density at radius 2 is 2.12 bits per heavy atom. The molecule has 2 atom stereocenters. The van der Waals surface area contributed by atoms with E-state index in [9.17, 15) is 14.3 Å². The van der Waals surface area contributed by atoms with Gasteiger partial charge in [-0.2, -0.15) is 0 Å². The Labute approximate surface area is 195 Å². The number of hydrogen-bond acceptors (Lipinski definition) is 4. The van der Waals surface area contributed by atoms with E-state index in [4.69, 9.17) is 26.2 Å². The molecule has 1 aliphatic heterocycles. The van der Waals surface area contributed by atoms with Crippen LogP contribution in [0.1, 0.15) is 44.4 Å². The molecule has 5 rings (SSSR count). The van der Waals surface area contributed by atoms with Crippen LogP contribution in [0.15, 0.2) is 36.4 Å². The Kier molecular flexibility index (Phi) is 5.19. The third-order valence-corrected chi connectivity index (χ3v) is 7.10. The van der Waals surface area contributed by atoms with Crippen LogP contribution in [0.3, 0.4) is 0 Å². The molecule has 1 aliphatic carbocycles. The fraction of sp³-hybridized carbons (Fsp3) is 0.400. The highest BCUT2D eigenvalue weighted by Crippen LogP contribution is 2.55. The van der Waals surface area contributed by atoms with Crippen LogP contribution < -0.4 is 0 Å². The Balaban J connectivity index is 1.76. The van der Waals surface area contributed by atoms with E-state index in [1.54, 1.807) is 24.3 Å². The summed E-state index contributed by atoms with van der Waals surface area (Å²) >= 11 is 6.14. The van der Waals surface area contributed by atoms with Crippen LogP contribution in [0.25, 0.3) is 16.6 Å². The lowest BCUT2D eigenvalue weighted by Gasteiger charge is -2.43. The highest BCUT2D eigenvalue weighted by molar-refractivity contribution is 6.30. The van der Waals surface area contributed by atoms with Crippen LogP contribution in [-0.4, -0.2) is 40.1 Å². The first-order valence-electron chi connectivity index (χ1n) is 10.9. The molecule has 0 saturated heterocycles. The van der Waals surface area contributed by atoms with Gasteiger partial charge in [0.1, 0.15) is 18.2 Å². The number of phenolic OH excluding ortho intramolecular Hbond substituents is 1. The van der Waals surface area contributed by atoms with Gasteiger partial charge in [-0.3, -0.25) is 0 Å². The van der Waals surface area contributed by atoms with Crippen molar-refractivity contribution in [3.63, 3.8) is 0 Å². The number of carbonyl (C=O) groups is 1. The van der Waals surface area contributed by atoms with E-state index in [-0.39, 0.29) is 23.5 Å². The maximum absolute atomic E-state index is 14.0. The Morgan fingerprint density at radius 3 is 2.85 bits per heavy atom. The SMILES string of the molecule is CC1(C)CO[C@@]2(CC[C@H](OCC(=O)O)C2)c2c1n(-c1ccc(F)c(Cl)c1)c1cccc(O)c21. The molecule has 0 bridgehead atoms. The minimum absolute atomic E-state index is 0.0193. The molecule has 6 nitrogen and oxygen atoms in total. The van der Waals surface area contributed by atoms with Crippen molar-refractivity contribution in [2.45, 2.75) is 50.2 Å². The number of hydrogen-bond donors (Lipinski definition) is 2. The van der Waals surface area contributed by atoms with Crippen LogP contribution >= 0.6 is 11.6 Å². The van der Waals surface area contributed by atoms with Gasteiger partial charge in [-0.1, -0.05) is 31.5 Å². The van der Waals surface area contributed by atoms with Crippen LogP contribution in [0.5, 0.6) is 5.75 Å². The van der Waals surface area contributed by atoms with Crippen molar-refractivity contribution in [3.05, 3.63) is 58.5 Å². The Hall–Kier alpha value is -2.61. The summed E-state index contributed by atoms with van der Waals surface area (Å²) in [5.74, 6) is -1.38. The van der Waals surface area contributed by atoms with Crippen molar-refractivity contribution in [2.24, 2.45) is 0 Å². The predicted octanol–water partition coefficient (Wildman–Crippen LogP) is 5.29. The lowest BCUT2D eigenvalue weighted by atomic mass is 9.77. The quantitative estimate of drug-likeness (QED) is 0.538. The number of carboxylic acids is 1. The van der Waals surface area contributed by atoms with Crippen molar-refractivity contribution in [2.75, 3.05) is 13.2 Å². The highest BCUT2D eigenvalue weighted by Gasteiger charge is 2.52. The maximum Gasteiger partial charge on any atom is 0.329 e. The van der Waals surface area contributed by atoms with Crippen molar-refractivity contribution in [1.82, 2.24) is 4.57 Å². The van der Waals surface area contributed by atoms with E-state index in [0.717, 1.165) is 16.8 Å². The number of halogens is 2. The predicted molar refractivity (Wildman–Crippen MR) is 122 cm³/mol. The van der Waals surface area contributed by atoms with Crippen molar-refractivity contribution < 1.29 is 28.9 Å². The molecule has 2 aromatic carbocycles. The van der Waals surface area contributed by atoms with Crippen LogP contribution in [0.4, 0.5) is 4.39 Å². The van der Waals surface area contributed by atoms with Crippen LogP contribution in [0, 0.1) is 5.82 Å². The smallest absolute Gasteiger partial charge is 0.329 e. The summed E-state index contributed by atoms with van der Waals surface area (Å²) in [6, 6.07) is 9.95. The van der Waals surface area contributed by atoms with Gasteiger partial charge in [-0.25, -0.2) is 9.18 Å². The molecule has 8 heteroatoms. The summed E-state index contributed by atoms with van der Waals surface area (Å²) in [7, 11) is 0. The third-order valence-electron chi connectivity index (χ3n) is 6.81. The molecule has 33 heavy (non-hydrogen) atoms. The first-order chi connectivity index (χ1) is 15.6. The summed E-state index contributed by atoms with van der Waals surface area (Å²) < 4.78 is 28.1. The second-order valence-corrected chi connectivity index (χ2v) is 9.97. The second-order valence-electron chi connectivity index (χ2n) is 9.57. The Morgan fingerprint density at radius 1 is 1.33 bits per heavy atom. The number of ether oxygens (including phenoxy) is 2. The van der Waals surface area contributed by atoms with E-state index >= 15 is 0 Å². The molecule has 1 aromatic heterocycles. The first-order valence-corrected chi connectivity index (χ1v) is 11.3. The normalized spacial score (nSPS) is 23.8. The molecule has 0 radical (unpaired) electrons. The molecule has 1 spiro atoms. The minimum Gasteiger partial charge on any atom is -0.507 e. The number of carboxylic acid groups (broad SMARTS) is 1. The number of fused-ring (bicyclic) bond motifs is 4. The zero-order chi connectivity index (χ0) is 23.5. The number of aliphatic carboxylic acids is 1. The van der Waals surface area contributed by atoms with Crippen molar-refractivity contribution in [3.8, 4) is 11.4 Å². The molecule has 174 valence electrons. The monoisotopic (exact) mass is 473 g/mol. The molecule has 1 saturated carbocycles. The van der Waals surface area contributed by atoms with Gasteiger partial charge >= 0.3 is 5.97 Å². The number of aromatic nitrogens is 1. The molecular formula is C25H25ClFNO5. The maximum atomic E-state index is 14.0. The van der Waals surface area contributed by atoms with Gasteiger partial charge in [-0.15, -0.1) is 0 Å². The average molecular weight is 474 g/mol. The van der Waals surface area contributed by atoms with Crippen LogP contribution in [0.2, 0.25) is 5.02 Å². The number of benzene rings is 2. The van der Waals surface area contributed by atoms with Gasteiger partial charge in [0.05, 0.1) is 28.9 Å². The highest BCUT2D eigenvalue weighted by atomic mass is 35.5. The standard InChI is InChI=1S/C25H25ClFNO5/c1-24(2)13-33-25(9-8-15(11-25)32-12-20(30)31)22-21-18(4-3-5-19(21)29)28(23(22)24)14-6-7-17(27)16(26)10-14/h3-7,10,15,29H,8-9,11-13H2,1-2H3,(H,30,31)/t15-,25+/m0/s1. The number of rotatable bonds is 4. The van der Waals surface area contributed by atoms with Crippen molar-refractivity contribution >= 4 is 28.5 Å². The summed E-state index contributed by atoms with van der Waals surface area (Å²) in [4.78, 5) is 11.0. The van der Waals surface area contributed by atoms with E-state index in [2.05, 4.69) is 13.8 Å². The van der Waals surface area contributed by atoms with Crippen LogP contribution in [-0.2, 0) is 25.3 Å². The molecule has 0 unspecified atom stereocenters. The largest absolute Gasteiger partial charge is 0.507 e. The van der Waals surface area contributed by atoms with Crippen molar-refractivity contribution in [1.29, 1.82) is 0 Å². The summed E-state index contributed by atoms with van der Waals surface area (Å²) in [6.07, 6.45) is 1.51. The van der Waals surface area contributed by atoms with Gasteiger partial charge in [0.25, 0.3) is 0 Å². The molecule has 2 heterocycles. The number of aromatic hydroxyl groups is 1. The summed E-state index contributed by atoms with van der Waals surface area (Å²) in [5.41, 5.74) is 2.17. The third kappa shape index (κ3) is 3.50. The molecule has 1 fully saturated rings. The molecule has 2 N–H and O–H groups in total. The lowest BCUT2D eigenvalue weighted by Crippen LogP contribution is -2.43. The van der Waals surface area contributed by atoms with E-state index < -0.39 is 22.8 Å². The molecule has 2 aliphatic rings. The fourth-order valence-corrected chi connectivity index (χ4v) is 5.59. The second kappa shape index (κ2) is 7.72. The van der Waals surface area contributed by atoms with Gasteiger partial charge in [0.15, 0.2) is 0 Å². The zero-order valence-electron chi connectivity index (χ0n) is 18.4. The van der Waals surface area contributed by atoms with E-state index in [1.165, 1.54) is 6.07 Å². The topological polar surface area (TPSA) is 80.9 Å². The first kappa shape index (κ1) is 22.2. The van der Waals surface area contributed by atoms with Gasteiger partial charge < -0.3 is 24.3 Å². The van der Waals surface area contributed by atoms with Gasteiger partial charge in [0, 0.05) is 34.2 Å². The number of phenols is 1. The fourth-order valence-electron chi connectivity index (χ4n) is 5.41. The molecule has 0 amide bonds. The van der Waals surface area contributed by atoms with Gasteiger partial charge in [0.2, 0.25) is 0 Å². The summed E-state index contributed by atoms with van der Waals surface area (Å²) in [5, 5.41) is 20.7. The molecular weight excluding hydrogens is 449 g/mol. The zero-order valence-corrected chi connectivity index (χ0v) is 19.2. The van der Waals surface area contributed by atoms with E-state index in [0.29, 0.717) is 36.9 Å². The lowest BCUT2D eigenvalue weighted by molar-refractivity contribution is -0.145. The number of nitrogens with zero attached hydrogens (tertiary/aromatic N) is 1. The minimum atomic E-state index is -1.01. The van der Waals surface area contributed by atoms with E-state index in [1.807, 2.05) is 10.6 Å². The molecule has 3 aromatic rings.